The number of benzene rings is 1. The third kappa shape index (κ3) is 1.79. The molecular formula is C11H12BrClN2. The van der Waals surface area contributed by atoms with Gasteiger partial charge in [-0.2, -0.15) is 0 Å². The maximum atomic E-state index is 6.16. The second kappa shape index (κ2) is 3.49. The number of para-hydroxylation sites is 1. The fourth-order valence-corrected chi connectivity index (χ4v) is 2.55. The van der Waals surface area contributed by atoms with Gasteiger partial charge in [0.25, 0.3) is 0 Å². The molecule has 0 aliphatic rings. The first kappa shape index (κ1) is 11.0. The van der Waals surface area contributed by atoms with Crippen LogP contribution in [0.4, 0.5) is 0 Å². The standard InChI is InChI=1S/C11H12BrClN2/c1-11(2,3)15-8-6-4-5-7(12)9(8)14-10(15)13/h4-6H,1-3H3. The molecule has 0 aliphatic heterocycles. The molecular weight excluding hydrogens is 275 g/mol. The Kier molecular flexibility index (Phi) is 2.55. The Balaban J connectivity index is 2.86. The monoisotopic (exact) mass is 286 g/mol. The fourth-order valence-electron chi connectivity index (χ4n) is 1.67. The maximum Gasteiger partial charge on any atom is 0.204 e. The summed E-state index contributed by atoms with van der Waals surface area (Å²) in [4.78, 5) is 4.36. The Labute approximate surface area is 102 Å². The van der Waals surface area contributed by atoms with E-state index >= 15 is 0 Å². The molecule has 0 N–H and O–H groups in total. The van der Waals surface area contributed by atoms with Gasteiger partial charge in [-0.25, -0.2) is 4.98 Å². The van der Waals surface area contributed by atoms with Crippen LogP contribution in [0.1, 0.15) is 20.8 Å². The van der Waals surface area contributed by atoms with Crippen LogP contribution in [0.15, 0.2) is 22.7 Å². The lowest BCUT2D eigenvalue weighted by Gasteiger charge is -2.22. The molecule has 2 rings (SSSR count). The van der Waals surface area contributed by atoms with Crippen molar-refractivity contribution in [3.05, 3.63) is 28.0 Å². The third-order valence-electron chi connectivity index (χ3n) is 2.27. The van der Waals surface area contributed by atoms with Crippen molar-refractivity contribution >= 4 is 38.6 Å². The third-order valence-corrected chi connectivity index (χ3v) is 3.16. The summed E-state index contributed by atoms with van der Waals surface area (Å²) in [6.07, 6.45) is 0. The van der Waals surface area contributed by atoms with E-state index in [1.165, 1.54) is 0 Å². The maximum absolute atomic E-state index is 6.16. The van der Waals surface area contributed by atoms with E-state index in [1.807, 2.05) is 22.8 Å². The van der Waals surface area contributed by atoms with Crippen LogP contribution in [-0.2, 0) is 5.54 Å². The minimum absolute atomic E-state index is 0.0629. The van der Waals surface area contributed by atoms with Gasteiger partial charge in [-0.05, 0) is 60.4 Å². The highest BCUT2D eigenvalue weighted by Gasteiger charge is 2.20. The lowest BCUT2D eigenvalue weighted by atomic mass is 10.1. The number of fused-ring (bicyclic) bond motifs is 1. The summed E-state index contributed by atoms with van der Waals surface area (Å²) in [6, 6.07) is 6.00. The molecule has 1 aromatic heterocycles. The van der Waals surface area contributed by atoms with Crippen molar-refractivity contribution in [2.75, 3.05) is 0 Å². The number of hydrogen-bond donors (Lipinski definition) is 0. The van der Waals surface area contributed by atoms with Gasteiger partial charge in [-0.1, -0.05) is 6.07 Å². The Bertz CT molecular complexity index is 511. The van der Waals surface area contributed by atoms with Crippen LogP contribution in [0.5, 0.6) is 0 Å². The second-order valence-electron chi connectivity index (χ2n) is 4.49. The first-order valence-electron chi connectivity index (χ1n) is 4.74. The Morgan fingerprint density at radius 3 is 2.60 bits per heavy atom. The van der Waals surface area contributed by atoms with Crippen molar-refractivity contribution < 1.29 is 0 Å². The van der Waals surface area contributed by atoms with Crippen LogP contribution in [0.3, 0.4) is 0 Å². The van der Waals surface area contributed by atoms with E-state index < -0.39 is 0 Å². The average Bonchev–Trinajstić information content (AvgIpc) is 2.41. The van der Waals surface area contributed by atoms with Gasteiger partial charge < -0.3 is 4.57 Å². The molecule has 4 heteroatoms. The van der Waals surface area contributed by atoms with Crippen LogP contribution in [0, 0.1) is 0 Å². The highest BCUT2D eigenvalue weighted by atomic mass is 79.9. The number of hydrogen-bond acceptors (Lipinski definition) is 1. The van der Waals surface area contributed by atoms with Gasteiger partial charge in [0.2, 0.25) is 5.28 Å². The zero-order valence-corrected chi connectivity index (χ0v) is 11.2. The van der Waals surface area contributed by atoms with E-state index in [0.717, 1.165) is 15.5 Å². The molecule has 0 saturated carbocycles. The molecule has 0 amide bonds. The number of aromatic nitrogens is 2. The van der Waals surface area contributed by atoms with Crippen molar-refractivity contribution in [3.63, 3.8) is 0 Å². The molecule has 1 aromatic carbocycles. The van der Waals surface area contributed by atoms with Gasteiger partial charge in [0.15, 0.2) is 0 Å². The van der Waals surface area contributed by atoms with Crippen molar-refractivity contribution in [3.8, 4) is 0 Å². The quantitative estimate of drug-likeness (QED) is 0.710. The molecule has 0 radical (unpaired) electrons. The van der Waals surface area contributed by atoms with E-state index in [9.17, 15) is 0 Å². The summed E-state index contributed by atoms with van der Waals surface area (Å²) in [5.41, 5.74) is 1.91. The zero-order chi connectivity index (χ0) is 11.2. The molecule has 80 valence electrons. The lowest BCUT2D eigenvalue weighted by molar-refractivity contribution is 0.409. The topological polar surface area (TPSA) is 17.8 Å². The second-order valence-corrected chi connectivity index (χ2v) is 5.69. The van der Waals surface area contributed by atoms with Crippen LogP contribution in [0.25, 0.3) is 11.0 Å². The predicted molar refractivity (Wildman–Crippen MR) is 67.4 cm³/mol. The molecule has 2 nitrogen and oxygen atoms in total. The lowest BCUT2D eigenvalue weighted by Crippen LogP contribution is -2.21. The predicted octanol–water partition coefficient (Wildman–Crippen LogP) is 4.21. The largest absolute Gasteiger partial charge is 0.309 e. The van der Waals surface area contributed by atoms with Crippen LogP contribution in [-0.4, -0.2) is 9.55 Å². The van der Waals surface area contributed by atoms with Gasteiger partial charge in [0, 0.05) is 10.0 Å². The van der Waals surface area contributed by atoms with Gasteiger partial charge >= 0.3 is 0 Å². The highest BCUT2D eigenvalue weighted by molar-refractivity contribution is 9.10. The number of rotatable bonds is 0. The molecule has 2 aromatic rings. The first-order chi connectivity index (χ1) is 6.91. The molecule has 0 aliphatic carbocycles. The van der Waals surface area contributed by atoms with Gasteiger partial charge in [0.1, 0.15) is 5.52 Å². The highest BCUT2D eigenvalue weighted by Crippen LogP contribution is 2.31. The van der Waals surface area contributed by atoms with E-state index in [-0.39, 0.29) is 5.54 Å². The summed E-state index contributed by atoms with van der Waals surface area (Å²) in [6.45, 7) is 6.34. The zero-order valence-electron chi connectivity index (χ0n) is 8.88. The molecule has 0 fully saturated rings. The molecule has 15 heavy (non-hydrogen) atoms. The van der Waals surface area contributed by atoms with Gasteiger partial charge in [-0.3, -0.25) is 0 Å². The first-order valence-corrected chi connectivity index (χ1v) is 5.91. The minimum atomic E-state index is -0.0629. The molecule has 0 spiro atoms. The van der Waals surface area contributed by atoms with E-state index in [1.54, 1.807) is 0 Å². The Hall–Kier alpha value is -0.540. The average molecular weight is 288 g/mol. The van der Waals surface area contributed by atoms with Crippen molar-refractivity contribution in [2.45, 2.75) is 26.3 Å². The van der Waals surface area contributed by atoms with E-state index in [4.69, 9.17) is 11.6 Å². The molecule has 0 atom stereocenters. The van der Waals surface area contributed by atoms with Crippen LogP contribution >= 0.6 is 27.5 Å². The molecule has 0 unspecified atom stereocenters. The number of imidazole rings is 1. The summed E-state index contributed by atoms with van der Waals surface area (Å²) >= 11 is 9.63. The van der Waals surface area contributed by atoms with Crippen LogP contribution < -0.4 is 0 Å². The van der Waals surface area contributed by atoms with E-state index in [2.05, 4.69) is 41.7 Å². The molecule has 1 heterocycles. The smallest absolute Gasteiger partial charge is 0.204 e. The fraction of sp³-hybridized carbons (Fsp3) is 0.364. The Morgan fingerprint density at radius 1 is 1.33 bits per heavy atom. The normalized spacial score (nSPS) is 12.3. The minimum Gasteiger partial charge on any atom is -0.309 e. The number of halogens is 2. The van der Waals surface area contributed by atoms with Crippen molar-refractivity contribution in [2.24, 2.45) is 0 Å². The Morgan fingerprint density at radius 2 is 2.00 bits per heavy atom. The van der Waals surface area contributed by atoms with Crippen molar-refractivity contribution in [1.82, 2.24) is 9.55 Å². The molecule has 0 saturated heterocycles. The van der Waals surface area contributed by atoms with E-state index in [0.29, 0.717) is 5.28 Å². The van der Waals surface area contributed by atoms with Gasteiger partial charge in [0.05, 0.1) is 5.52 Å². The molecule has 0 bridgehead atoms. The SMILES string of the molecule is CC(C)(C)n1c(Cl)nc2c(Br)cccc21. The van der Waals surface area contributed by atoms with Crippen LogP contribution in [0.2, 0.25) is 5.28 Å². The summed E-state index contributed by atoms with van der Waals surface area (Å²) in [5, 5.41) is 0.532. The summed E-state index contributed by atoms with van der Waals surface area (Å²) in [5.74, 6) is 0. The number of nitrogens with zero attached hydrogens (tertiary/aromatic N) is 2. The summed E-state index contributed by atoms with van der Waals surface area (Å²) in [7, 11) is 0. The van der Waals surface area contributed by atoms with Gasteiger partial charge in [-0.15, -0.1) is 0 Å². The van der Waals surface area contributed by atoms with Crippen molar-refractivity contribution in [1.29, 1.82) is 0 Å². The summed E-state index contributed by atoms with van der Waals surface area (Å²) < 4.78 is 3.01.